The third kappa shape index (κ3) is 6.46. The number of aromatic nitrogens is 4. The van der Waals surface area contributed by atoms with Gasteiger partial charge in [0.2, 0.25) is 0 Å². The summed E-state index contributed by atoms with van der Waals surface area (Å²) in [5.41, 5.74) is 0.194. The predicted molar refractivity (Wildman–Crippen MR) is 133 cm³/mol. The van der Waals surface area contributed by atoms with Gasteiger partial charge in [0.25, 0.3) is 11.8 Å². The summed E-state index contributed by atoms with van der Waals surface area (Å²) in [6.45, 7) is 4.32. The zero-order valence-electron chi connectivity index (χ0n) is 20.1. The number of aryl methyl sites for hydroxylation is 1. The van der Waals surface area contributed by atoms with Gasteiger partial charge < -0.3 is 10.6 Å². The van der Waals surface area contributed by atoms with Gasteiger partial charge in [0.15, 0.2) is 0 Å². The molecule has 1 unspecified atom stereocenters. The summed E-state index contributed by atoms with van der Waals surface area (Å²) >= 11 is 6.59. The van der Waals surface area contributed by atoms with Crippen molar-refractivity contribution in [3.05, 3.63) is 56.4 Å². The number of nitrogens with one attached hydrogen (secondary N) is 2. The minimum atomic E-state index is -4.69. The average molecular weight is 556 g/mol. The molecule has 0 saturated carbocycles. The molecule has 0 bridgehead atoms. The molecular formula is C23H25ClF3N7O2S. The van der Waals surface area contributed by atoms with E-state index < -0.39 is 28.7 Å². The Balaban J connectivity index is 1.41. The molecule has 14 heteroatoms. The Bertz CT molecular complexity index is 1290. The van der Waals surface area contributed by atoms with Crippen molar-refractivity contribution in [2.75, 3.05) is 18.4 Å². The fourth-order valence-corrected chi connectivity index (χ4v) is 5.03. The predicted octanol–water partition coefficient (Wildman–Crippen LogP) is 4.67. The van der Waals surface area contributed by atoms with Crippen molar-refractivity contribution >= 4 is 40.6 Å². The number of nitrogens with zero attached hydrogens (tertiary/aromatic N) is 5. The highest BCUT2D eigenvalue weighted by molar-refractivity contribution is 7.13. The molecule has 3 aromatic heterocycles. The maximum atomic E-state index is 13.1. The molecule has 3 aromatic rings. The summed E-state index contributed by atoms with van der Waals surface area (Å²) in [4.78, 5) is 36.0. The second-order valence-electron chi connectivity index (χ2n) is 8.72. The topological polar surface area (TPSA) is 105 Å². The van der Waals surface area contributed by atoms with Crippen molar-refractivity contribution in [1.82, 2.24) is 30.0 Å². The third-order valence-electron chi connectivity index (χ3n) is 6.00. The Hall–Kier alpha value is -3.03. The van der Waals surface area contributed by atoms with Crippen LogP contribution in [0.5, 0.6) is 0 Å². The number of carbonyl (C=O) groups excluding carboxylic acids is 2. The number of hydrogen-bond donors (Lipinski definition) is 2. The highest BCUT2D eigenvalue weighted by Crippen LogP contribution is 2.35. The Labute approximate surface area is 220 Å². The largest absolute Gasteiger partial charge is 0.418 e. The lowest BCUT2D eigenvalue weighted by molar-refractivity contribution is -0.137. The maximum Gasteiger partial charge on any atom is 0.418 e. The highest BCUT2D eigenvalue weighted by Gasteiger charge is 2.34. The fraction of sp³-hybridized carbons (Fsp3) is 0.435. The number of thiazole rings is 1. The van der Waals surface area contributed by atoms with Crippen LogP contribution in [0.25, 0.3) is 0 Å². The van der Waals surface area contributed by atoms with Crippen molar-refractivity contribution in [2.45, 2.75) is 44.9 Å². The zero-order chi connectivity index (χ0) is 26.7. The average Bonchev–Trinajstić information content (AvgIpc) is 3.48. The molecule has 2 N–H and O–H groups in total. The number of alkyl halides is 3. The van der Waals surface area contributed by atoms with Gasteiger partial charge in [0.1, 0.15) is 15.7 Å². The van der Waals surface area contributed by atoms with E-state index in [1.165, 1.54) is 18.8 Å². The van der Waals surface area contributed by atoms with Gasteiger partial charge >= 0.3 is 6.18 Å². The van der Waals surface area contributed by atoms with E-state index in [9.17, 15) is 22.8 Å². The second-order valence-corrected chi connectivity index (χ2v) is 10.2. The molecule has 1 aliphatic heterocycles. The maximum absolute atomic E-state index is 13.1. The van der Waals surface area contributed by atoms with Crippen molar-refractivity contribution in [1.29, 1.82) is 0 Å². The van der Waals surface area contributed by atoms with Gasteiger partial charge in [0.05, 0.1) is 40.3 Å². The minimum Gasteiger partial charge on any atom is -0.343 e. The van der Waals surface area contributed by atoms with E-state index in [1.54, 1.807) is 18.7 Å². The number of piperidine rings is 1. The Morgan fingerprint density at radius 3 is 2.57 bits per heavy atom. The summed E-state index contributed by atoms with van der Waals surface area (Å²) < 4.78 is 40.9. The number of hydrogen-bond acceptors (Lipinski definition) is 7. The molecule has 198 valence electrons. The van der Waals surface area contributed by atoms with Gasteiger partial charge in [-0.15, -0.1) is 11.3 Å². The fourth-order valence-electron chi connectivity index (χ4n) is 4.00. The summed E-state index contributed by atoms with van der Waals surface area (Å²) in [6.07, 6.45) is 2.45. The van der Waals surface area contributed by atoms with Crippen LogP contribution in [-0.2, 0) is 19.8 Å². The smallest absolute Gasteiger partial charge is 0.343 e. The molecule has 1 atom stereocenters. The highest BCUT2D eigenvalue weighted by atomic mass is 35.5. The van der Waals surface area contributed by atoms with Crippen molar-refractivity contribution < 1.29 is 22.8 Å². The Morgan fingerprint density at radius 1 is 1.14 bits per heavy atom. The lowest BCUT2D eigenvalue weighted by Crippen LogP contribution is -2.32. The van der Waals surface area contributed by atoms with E-state index in [-0.39, 0.29) is 16.6 Å². The van der Waals surface area contributed by atoms with Crippen molar-refractivity contribution in [2.24, 2.45) is 7.05 Å². The van der Waals surface area contributed by atoms with E-state index in [2.05, 4.69) is 30.6 Å². The van der Waals surface area contributed by atoms with Gasteiger partial charge in [-0.05, 0) is 38.9 Å². The van der Waals surface area contributed by atoms with Crippen LogP contribution in [0, 0.1) is 0 Å². The van der Waals surface area contributed by atoms with Crippen molar-refractivity contribution in [3.63, 3.8) is 0 Å². The van der Waals surface area contributed by atoms with Gasteiger partial charge in [-0.25, -0.2) is 9.97 Å². The standard InChI is InChI=1S/C23H25ClF3N7O2S/c1-13(31-20(35)14-9-30-33(2)17(14)12-34-6-4-3-5-7-34)22-29-11-18(37-22)21(36)32-19-8-15(23(25,26)27)16(24)10-28-19/h8-11,13H,3-7,12H2,1-2H3,(H,31,35)(H,28,32,36). The summed E-state index contributed by atoms with van der Waals surface area (Å²) in [5, 5.41) is 9.36. The normalized spacial score (nSPS) is 15.4. The van der Waals surface area contributed by atoms with E-state index >= 15 is 0 Å². The lowest BCUT2D eigenvalue weighted by Gasteiger charge is -2.26. The number of halogens is 4. The number of rotatable bonds is 7. The van der Waals surface area contributed by atoms with Gasteiger partial charge in [0, 0.05) is 19.8 Å². The van der Waals surface area contributed by atoms with E-state index in [1.807, 2.05) is 0 Å². The van der Waals surface area contributed by atoms with Gasteiger partial charge in [-0.1, -0.05) is 18.0 Å². The molecule has 1 saturated heterocycles. The molecule has 0 aromatic carbocycles. The first-order valence-corrected chi connectivity index (χ1v) is 12.8. The zero-order valence-corrected chi connectivity index (χ0v) is 21.7. The summed E-state index contributed by atoms with van der Waals surface area (Å²) in [7, 11) is 1.80. The van der Waals surface area contributed by atoms with Gasteiger partial charge in [-0.3, -0.25) is 19.2 Å². The molecule has 0 aliphatic carbocycles. The number of anilines is 1. The first-order valence-electron chi connectivity index (χ1n) is 11.6. The number of amides is 2. The Morgan fingerprint density at radius 2 is 1.86 bits per heavy atom. The van der Waals surface area contributed by atoms with E-state index in [0.29, 0.717) is 23.2 Å². The monoisotopic (exact) mass is 555 g/mol. The Kier molecular flexibility index (Phi) is 8.14. The molecule has 9 nitrogen and oxygen atoms in total. The van der Waals surface area contributed by atoms with Crippen LogP contribution in [0.4, 0.5) is 19.0 Å². The van der Waals surface area contributed by atoms with Gasteiger partial charge in [-0.2, -0.15) is 18.3 Å². The first kappa shape index (κ1) is 27.0. The molecular weight excluding hydrogens is 531 g/mol. The lowest BCUT2D eigenvalue weighted by atomic mass is 10.1. The van der Waals surface area contributed by atoms with Crippen LogP contribution >= 0.6 is 22.9 Å². The molecule has 1 aliphatic rings. The molecule has 0 spiro atoms. The quantitative estimate of drug-likeness (QED) is 0.439. The van der Waals surface area contributed by atoms with Crippen LogP contribution < -0.4 is 10.6 Å². The van der Waals surface area contributed by atoms with Crippen LogP contribution in [-0.4, -0.2) is 49.6 Å². The summed E-state index contributed by atoms with van der Waals surface area (Å²) in [5.74, 6) is -1.28. The van der Waals surface area contributed by atoms with E-state index in [4.69, 9.17) is 11.6 Å². The van der Waals surface area contributed by atoms with E-state index in [0.717, 1.165) is 49.2 Å². The van der Waals surface area contributed by atoms with Crippen molar-refractivity contribution in [3.8, 4) is 0 Å². The van der Waals surface area contributed by atoms with Crippen LogP contribution in [0.3, 0.4) is 0 Å². The second kappa shape index (κ2) is 11.2. The molecule has 4 rings (SSSR count). The SMILES string of the molecule is CC(NC(=O)c1cnn(C)c1CN1CCCCC1)c1ncc(C(=O)Nc2cc(C(F)(F)F)c(Cl)cn2)s1. The van der Waals surface area contributed by atoms with Crippen LogP contribution in [0.1, 0.15) is 68.5 Å². The third-order valence-corrected chi connectivity index (χ3v) is 7.48. The molecule has 2 amide bonds. The number of pyridine rings is 1. The molecule has 1 fully saturated rings. The molecule has 37 heavy (non-hydrogen) atoms. The molecule has 0 radical (unpaired) electrons. The summed E-state index contributed by atoms with van der Waals surface area (Å²) in [6, 6.07) is 0.146. The van der Waals surface area contributed by atoms with Crippen LogP contribution in [0.15, 0.2) is 24.7 Å². The first-order chi connectivity index (χ1) is 17.5. The number of likely N-dealkylation sites (tertiary alicyclic amines) is 1. The molecule has 4 heterocycles. The minimum absolute atomic E-state index is 0.147. The number of carbonyl (C=O) groups is 2. The van der Waals surface area contributed by atoms with Crippen LogP contribution in [0.2, 0.25) is 5.02 Å².